The first-order valence-corrected chi connectivity index (χ1v) is 13.6. The summed E-state index contributed by atoms with van der Waals surface area (Å²) in [5, 5.41) is 13.3. The van der Waals surface area contributed by atoms with E-state index in [9.17, 15) is 14.7 Å². The fourth-order valence-corrected chi connectivity index (χ4v) is 5.26. The second kappa shape index (κ2) is 13.9. The van der Waals surface area contributed by atoms with Gasteiger partial charge in [-0.1, -0.05) is 73.8 Å². The quantitative estimate of drug-likeness (QED) is 0.250. The van der Waals surface area contributed by atoms with E-state index in [4.69, 9.17) is 38.4 Å². The second-order valence-electron chi connectivity index (χ2n) is 9.74. The number of aromatic hydroxyl groups is 1. The van der Waals surface area contributed by atoms with Crippen LogP contribution in [0.4, 0.5) is 0 Å². The molecule has 1 amide bonds. The minimum atomic E-state index is -0.972. The third-order valence-electron chi connectivity index (χ3n) is 6.81. The van der Waals surface area contributed by atoms with Crippen molar-refractivity contribution in [1.29, 1.82) is 0 Å². The highest BCUT2D eigenvalue weighted by molar-refractivity contribution is 6.39. The molecule has 3 rings (SSSR count). The lowest BCUT2D eigenvalue weighted by Gasteiger charge is -2.35. The Morgan fingerprint density at radius 3 is 2.46 bits per heavy atom. The van der Waals surface area contributed by atoms with Gasteiger partial charge < -0.3 is 25.6 Å². The molecule has 37 heavy (non-hydrogen) atoms. The number of esters is 1. The van der Waals surface area contributed by atoms with Crippen molar-refractivity contribution >= 4 is 35.1 Å². The first-order valence-electron chi connectivity index (χ1n) is 12.8. The largest absolute Gasteiger partial charge is 0.505 e. The first-order chi connectivity index (χ1) is 17.7. The Balaban J connectivity index is 1.80. The molecule has 0 heterocycles. The van der Waals surface area contributed by atoms with E-state index in [1.165, 1.54) is 6.07 Å². The van der Waals surface area contributed by atoms with E-state index in [0.717, 1.165) is 31.2 Å². The van der Waals surface area contributed by atoms with Gasteiger partial charge in [-0.25, -0.2) is 4.79 Å². The highest BCUT2D eigenvalue weighted by atomic mass is 35.5. The van der Waals surface area contributed by atoms with Crippen LogP contribution in [0.1, 0.15) is 61.9 Å². The number of rotatable bonds is 11. The van der Waals surface area contributed by atoms with Crippen molar-refractivity contribution in [1.82, 2.24) is 5.32 Å². The van der Waals surface area contributed by atoms with Crippen LogP contribution < -0.4 is 15.8 Å². The van der Waals surface area contributed by atoms with Crippen LogP contribution in [0.25, 0.3) is 0 Å². The molecule has 0 aromatic heterocycles. The van der Waals surface area contributed by atoms with Gasteiger partial charge in [0.1, 0.15) is 17.2 Å². The van der Waals surface area contributed by atoms with Crippen LogP contribution in [0.5, 0.6) is 11.5 Å². The zero-order valence-corrected chi connectivity index (χ0v) is 22.9. The molecule has 0 saturated heterocycles. The third-order valence-corrected chi connectivity index (χ3v) is 7.44. The van der Waals surface area contributed by atoms with E-state index in [1.54, 1.807) is 0 Å². The molecule has 0 aliphatic heterocycles. The predicted molar refractivity (Wildman–Crippen MR) is 145 cm³/mol. The predicted octanol–water partition coefficient (Wildman–Crippen LogP) is 5.53. The molecule has 1 aliphatic carbocycles. The van der Waals surface area contributed by atoms with Crippen molar-refractivity contribution < 1.29 is 24.2 Å². The number of halogens is 2. The van der Waals surface area contributed by atoms with Crippen LogP contribution in [0.3, 0.4) is 0 Å². The number of amides is 1. The van der Waals surface area contributed by atoms with Gasteiger partial charge in [0.05, 0.1) is 17.2 Å². The average molecular weight is 552 g/mol. The Labute approximate surface area is 228 Å². The van der Waals surface area contributed by atoms with Gasteiger partial charge in [-0.3, -0.25) is 4.79 Å². The van der Waals surface area contributed by atoms with Crippen molar-refractivity contribution in [2.24, 2.45) is 17.6 Å². The Kier molecular flexibility index (Phi) is 10.9. The molecule has 2 aromatic rings. The molecule has 1 fully saturated rings. The van der Waals surface area contributed by atoms with Gasteiger partial charge >= 0.3 is 5.97 Å². The molecule has 1 aliphatic rings. The Bertz CT molecular complexity index is 1060. The lowest BCUT2D eigenvalue weighted by molar-refractivity contribution is -0.159. The molecule has 0 bridgehead atoms. The van der Waals surface area contributed by atoms with Crippen LogP contribution in [-0.2, 0) is 16.0 Å². The van der Waals surface area contributed by atoms with Crippen molar-refractivity contribution in [3.63, 3.8) is 0 Å². The molecule has 3 atom stereocenters. The number of phenols is 1. The van der Waals surface area contributed by atoms with E-state index >= 15 is 0 Å². The first kappa shape index (κ1) is 29.1. The summed E-state index contributed by atoms with van der Waals surface area (Å²) in [6.45, 7) is 5.01. The number of carbonyl (C=O) groups excluding carboxylic acids is 2. The van der Waals surface area contributed by atoms with E-state index in [0.29, 0.717) is 19.6 Å². The summed E-state index contributed by atoms with van der Waals surface area (Å²) in [4.78, 5) is 26.6. The van der Waals surface area contributed by atoms with Gasteiger partial charge in [-0.15, -0.1) is 0 Å². The topological polar surface area (TPSA) is 111 Å². The number of hydrogen-bond donors (Lipinski definition) is 3. The van der Waals surface area contributed by atoms with E-state index in [1.807, 2.05) is 30.3 Å². The number of phenolic OH excluding ortho intramolecular Hbond substituents is 1. The van der Waals surface area contributed by atoms with Gasteiger partial charge in [0.15, 0.2) is 11.5 Å². The van der Waals surface area contributed by atoms with Gasteiger partial charge in [0, 0.05) is 6.42 Å². The zero-order chi connectivity index (χ0) is 26.9. The maximum atomic E-state index is 13.3. The van der Waals surface area contributed by atoms with Crippen LogP contribution >= 0.6 is 23.2 Å². The molecule has 0 radical (unpaired) electrons. The Morgan fingerprint density at radius 1 is 1.14 bits per heavy atom. The van der Waals surface area contributed by atoms with E-state index in [-0.39, 0.29) is 45.7 Å². The van der Waals surface area contributed by atoms with Gasteiger partial charge in [0.25, 0.3) is 5.91 Å². The SMILES string of the molecule is CC1CCCC(C)C1OC(=O)C(Cc1ccccc1)NC(=O)c1cc(Cl)c(OCCCCN)c(Cl)c1O. The van der Waals surface area contributed by atoms with Crippen molar-refractivity contribution in [2.75, 3.05) is 13.2 Å². The third kappa shape index (κ3) is 7.76. The molecule has 7 nitrogen and oxygen atoms in total. The molecule has 2 aromatic carbocycles. The van der Waals surface area contributed by atoms with E-state index < -0.39 is 23.7 Å². The summed E-state index contributed by atoms with van der Waals surface area (Å²) in [6, 6.07) is 9.67. The minimum absolute atomic E-state index is 0.0766. The lowest BCUT2D eigenvalue weighted by atomic mass is 9.80. The standard InChI is InChI=1S/C28H36Cl2N2O5/c1-17-9-8-10-18(2)25(17)37-28(35)22(15-19-11-4-3-5-12-19)32-27(34)20-16-21(29)26(23(30)24(20)33)36-14-7-6-13-31/h3-5,11-12,16-18,22,25,33H,6-10,13-15,31H2,1-2H3,(H,32,34). The summed E-state index contributed by atoms with van der Waals surface area (Å²) >= 11 is 12.6. The van der Waals surface area contributed by atoms with Crippen LogP contribution in [-0.4, -0.2) is 42.3 Å². The maximum absolute atomic E-state index is 13.3. The molecule has 4 N–H and O–H groups in total. The molecule has 202 valence electrons. The number of nitrogens with two attached hydrogens (primary N) is 1. The highest BCUT2D eigenvalue weighted by Gasteiger charge is 2.34. The molecular formula is C28H36Cl2N2O5. The average Bonchev–Trinajstić information content (AvgIpc) is 2.88. The van der Waals surface area contributed by atoms with Crippen molar-refractivity contribution in [3.8, 4) is 11.5 Å². The number of carbonyl (C=O) groups is 2. The number of hydrogen-bond acceptors (Lipinski definition) is 6. The summed E-state index contributed by atoms with van der Waals surface area (Å²) in [7, 11) is 0. The van der Waals surface area contributed by atoms with Crippen LogP contribution in [0.2, 0.25) is 10.0 Å². The monoisotopic (exact) mass is 550 g/mol. The number of nitrogens with one attached hydrogen (secondary N) is 1. The number of unbranched alkanes of at least 4 members (excludes halogenated alkanes) is 1. The molecule has 0 spiro atoms. The number of ether oxygens (including phenoxy) is 2. The van der Waals surface area contributed by atoms with Crippen molar-refractivity contribution in [2.45, 2.75) is 64.5 Å². The normalized spacial score (nSPS) is 20.2. The fraction of sp³-hybridized carbons (Fsp3) is 0.500. The van der Waals surface area contributed by atoms with Crippen LogP contribution in [0.15, 0.2) is 36.4 Å². The maximum Gasteiger partial charge on any atom is 0.329 e. The minimum Gasteiger partial charge on any atom is -0.505 e. The molecule has 3 unspecified atom stereocenters. The summed E-state index contributed by atoms with van der Waals surface area (Å²) in [5.74, 6) is -1.12. The molecule has 9 heteroatoms. The summed E-state index contributed by atoms with van der Waals surface area (Å²) < 4.78 is 11.6. The summed E-state index contributed by atoms with van der Waals surface area (Å²) in [6.07, 6.45) is 4.55. The zero-order valence-electron chi connectivity index (χ0n) is 21.3. The van der Waals surface area contributed by atoms with Gasteiger partial charge in [0.2, 0.25) is 0 Å². The Hall–Kier alpha value is -2.48. The Morgan fingerprint density at radius 2 is 1.81 bits per heavy atom. The van der Waals surface area contributed by atoms with E-state index in [2.05, 4.69) is 19.2 Å². The summed E-state index contributed by atoms with van der Waals surface area (Å²) in [5.41, 5.74) is 6.19. The van der Waals surface area contributed by atoms with Crippen LogP contribution in [0, 0.1) is 11.8 Å². The number of benzene rings is 2. The molecule has 1 saturated carbocycles. The van der Waals surface area contributed by atoms with Gasteiger partial charge in [-0.2, -0.15) is 0 Å². The highest BCUT2D eigenvalue weighted by Crippen LogP contribution is 2.42. The second-order valence-corrected chi connectivity index (χ2v) is 10.5. The fourth-order valence-electron chi connectivity index (χ4n) is 4.70. The molecular weight excluding hydrogens is 515 g/mol. The van der Waals surface area contributed by atoms with Crippen molar-refractivity contribution in [3.05, 3.63) is 57.6 Å². The smallest absolute Gasteiger partial charge is 0.329 e. The van der Waals surface area contributed by atoms with Gasteiger partial charge in [-0.05, 0) is 55.7 Å². The lowest BCUT2D eigenvalue weighted by Crippen LogP contribution is -2.46.